The van der Waals surface area contributed by atoms with Crippen molar-refractivity contribution >= 4 is 69.1 Å². The number of carbonyl (C=O) groups is 6. The van der Waals surface area contributed by atoms with E-state index >= 15 is 0 Å². The van der Waals surface area contributed by atoms with Crippen molar-refractivity contribution in [2.24, 2.45) is 12.8 Å². The van der Waals surface area contributed by atoms with E-state index in [2.05, 4.69) is 38.4 Å². The number of pyridine rings is 1. The van der Waals surface area contributed by atoms with Crippen molar-refractivity contribution in [3.8, 4) is 16.9 Å². The fourth-order valence-corrected chi connectivity index (χ4v) is 11.5. The Kier molecular flexibility index (Phi) is 15.3. The first-order valence-corrected chi connectivity index (χ1v) is 26.8. The van der Waals surface area contributed by atoms with E-state index < -0.39 is 54.5 Å². The molecule has 6 amide bonds. The van der Waals surface area contributed by atoms with Crippen molar-refractivity contribution in [2.45, 2.75) is 95.2 Å². The topological polar surface area (TPSA) is 271 Å². The van der Waals surface area contributed by atoms with Crippen LogP contribution in [0.1, 0.15) is 80.9 Å². The smallest absolute Gasteiger partial charge is 0.332 e. The molecule has 0 spiro atoms. The molecule has 6 aromatic rings. The monoisotopic (exact) mass is 1080 g/mol. The van der Waals surface area contributed by atoms with Gasteiger partial charge in [-0.1, -0.05) is 36.4 Å². The fraction of sp³-hybridized carbons (Fsp3) is 0.421. The van der Waals surface area contributed by atoms with Crippen LogP contribution in [0.4, 0.5) is 16.4 Å². The van der Waals surface area contributed by atoms with Gasteiger partial charge in [-0.25, -0.2) is 19.7 Å². The first-order valence-electron chi connectivity index (χ1n) is 26.8. The third-order valence-corrected chi connectivity index (χ3v) is 15.7. The summed E-state index contributed by atoms with van der Waals surface area (Å²) >= 11 is 0. The lowest BCUT2D eigenvalue weighted by Crippen LogP contribution is -2.61. The molecule has 6 N–H and O–H groups in total. The van der Waals surface area contributed by atoms with Crippen LogP contribution in [-0.2, 0) is 36.6 Å². The van der Waals surface area contributed by atoms with Gasteiger partial charge in [0.25, 0.3) is 11.5 Å². The maximum atomic E-state index is 14.5. The molecule has 0 bridgehead atoms. The van der Waals surface area contributed by atoms with E-state index in [0.29, 0.717) is 48.9 Å². The molecule has 0 radical (unpaired) electrons. The van der Waals surface area contributed by atoms with Gasteiger partial charge in [0, 0.05) is 112 Å². The number of rotatable bonds is 17. The van der Waals surface area contributed by atoms with Gasteiger partial charge in [-0.05, 0) is 87.1 Å². The molecule has 79 heavy (non-hydrogen) atoms. The molecule has 10 rings (SSSR count). The number of carboxylic acid groups (broad SMARTS) is 1. The number of hydrogen-bond acceptors (Lipinski definition) is 14. The summed E-state index contributed by atoms with van der Waals surface area (Å²) in [6.07, 6.45) is 6.35. The summed E-state index contributed by atoms with van der Waals surface area (Å²) < 4.78 is 14.3. The SMILES string of the molecule is COc1ccc(C(=O)N2C[C@H](C)N(C3CCN(c4nc([C@@](CN)(OC5CC5)c5ccccc5)c5cc(-c6cn(C)c(=O)c7[nH]ccc67)ccc5n4)CC3)C[C@H]2C)cc1N1CCC(=O)N(CNC(=O)[C@H](CC(=O)O)NC(C)=O)C1=O. The first kappa shape index (κ1) is 54.2. The third kappa shape index (κ3) is 10.7. The van der Waals surface area contributed by atoms with Crippen molar-refractivity contribution < 1.29 is 43.3 Å². The molecular weight excluding hydrogens is 1010 g/mol. The molecule has 1 saturated carbocycles. The van der Waals surface area contributed by atoms with Crippen molar-refractivity contribution in [2.75, 3.05) is 62.8 Å². The number of benzene rings is 3. The second-order valence-corrected chi connectivity index (χ2v) is 21.1. The Balaban J connectivity index is 0.854. The summed E-state index contributed by atoms with van der Waals surface area (Å²) in [5.41, 5.74) is 10.9. The lowest BCUT2D eigenvalue weighted by Gasteiger charge is -2.49. The normalized spacial score (nSPS) is 19.6. The standard InChI is InChI=1S/C57H66N12O10/c1-33-29-68(53(75)37-12-16-47(78-5)46(26-37)66-24-20-48(71)69(56(66)77)32-60-52(74)45(27-49(72)73)61-35(3)70)34(2)28-67(33)39-18-22-65(23-19-39)55-62-44-15-11-36(43-30-64(4)54(76)50-41(43)17-21-59-50)25-42(44)51(63-55)57(31-58,79-40-13-14-40)38-9-7-6-8-10-38/h6-12,15-17,21,25-26,30,33-34,39-40,45,59H,13-14,18-20,22-24,27-29,31-32,58H2,1-5H3,(H,60,74)(H,61,70)(H,72,73)/t33-,34+,45-,57-/m0/s1. The lowest BCUT2D eigenvalue weighted by atomic mass is 9.86. The molecule has 3 aromatic heterocycles. The van der Waals surface area contributed by atoms with E-state index in [1.165, 1.54) is 12.0 Å². The predicted molar refractivity (Wildman–Crippen MR) is 294 cm³/mol. The summed E-state index contributed by atoms with van der Waals surface area (Å²) in [5, 5.41) is 15.6. The van der Waals surface area contributed by atoms with E-state index in [1.807, 2.05) is 66.6 Å². The number of piperazine rings is 1. The van der Waals surface area contributed by atoms with Crippen LogP contribution in [0.25, 0.3) is 32.9 Å². The summed E-state index contributed by atoms with van der Waals surface area (Å²) in [7, 11) is 3.18. The largest absolute Gasteiger partial charge is 0.495 e. The Labute approximate surface area is 455 Å². The summed E-state index contributed by atoms with van der Waals surface area (Å²) in [4.78, 5) is 113. The number of nitrogens with zero attached hydrogens (tertiary/aromatic N) is 8. The van der Waals surface area contributed by atoms with Gasteiger partial charge < -0.3 is 50.3 Å². The average Bonchev–Trinajstić information content (AvgIpc) is 4.27. The summed E-state index contributed by atoms with van der Waals surface area (Å²) in [6.45, 7) is 7.27. The van der Waals surface area contributed by atoms with Crippen LogP contribution in [-0.4, -0.2) is 158 Å². The number of aromatic nitrogens is 4. The zero-order valence-electron chi connectivity index (χ0n) is 44.9. The maximum absolute atomic E-state index is 14.5. The number of nitrogens with two attached hydrogens (primary N) is 1. The van der Waals surface area contributed by atoms with Crippen LogP contribution in [0.15, 0.2) is 90.0 Å². The maximum Gasteiger partial charge on any atom is 0.332 e. The van der Waals surface area contributed by atoms with E-state index in [0.717, 1.165) is 70.5 Å². The Bertz CT molecular complexity index is 3390. The highest BCUT2D eigenvalue weighted by atomic mass is 16.5. The second-order valence-electron chi connectivity index (χ2n) is 21.1. The molecule has 1 aliphatic carbocycles. The number of aryl methyl sites for hydroxylation is 1. The number of H-pyrrole nitrogens is 1. The van der Waals surface area contributed by atoms with Crippen molar-refractivity contribution in [1.29, 1.82) is 0 Å². The van der Waals surface area contributed by atoms with Crippen LogP contribution in [0.3, 0.4) is 0 Å². The summed E-state index contributed by atoms with van der Waals surface area (Å²) in [5.74, 6) is -2.78. The van der Waals surface area contributed by atoms with Gasteiger partial charge in [-0.2, -0.15) is 0 Å². The Morgan fingerprint density at radius 1 is 0.911 bits per heavy atom. The number of nitrogens with one attached hydrogen (secondary N) is 3. The number of aromatic amines is 1. The number of amides is 6. The number of fused-ring (bicyclic) bond motifs is 2. The van der Waals surface area contributed by atoms with E-state index in [9.17, 15) is 38.7 Å². The fourth-order valence-electron chi connectivity index (χ4n) is 11.5. The lowest BCUT2D eigenvalue weighted by molar-refractivity contribution is -0.141. The summed E-state index contributed by atoms with van der Waals surface area (Å²) in [6, 6.07) is 20.8. The predicted octanol–water partition coefficient (Wildman–Crippen LogP) is 4.28. The van der Waals surface area contributed by atoms with Gasteiger partial charge in [0.15, 0.2) is 0 Å². The van der Waals surface area contributed by atoms with Gasteiger partial charge in [0.05, 0.1) is 36.5 Å². The number of urea groups is 1. The zero-order chi connectivity index (χ0) is 55.9. The van der Waals surface area contributed by atoms with Crippen LogP contribution >= 0.6 is 0 Å². The van der Waals surface area contributed by atoms with Gasteiger partial charge >= 0.3 is 12.0 Å². The third-order valence-electron chi connectivity index (χ3n) is 15.7. The minimum absolute atomic E-state index is 0.00137. The molecule has 3 saturated heterocycles. The number of anilines is 2. The Morgan fingerprint density at radius 2 is 1.67 bits per heavy atom. The van der Waals surface area contributed by atoms with E-state index in [-0.39, 0.29) is 66.6 Å². The minimum Gasteiger partial charge on any atom is -0.495 e. The van der Waals surface area contributed by atoms with Crippen LogP contribution in [0, 0.1) is 0 Å². The van der Waals surface area contributed by atoms with E-state index in [1.54, 1.807) is 36.0 Å². The highest BCUT2D eigenvalue weighted by Crippen LogP contribution is 2.43. The number of carboxylic acids is 1. The van der Waals surface area contributed by atoms with Gasteiger partial charge in [0.2, 0.25) is 23.7 Å². The average molecular weight is 1080 g/mol. The molecule has 4 atom stereocenters. The second kappa shape index (κ2) is 22.3. The Morgan fingerprint density at radius 3 is 2.37 bits per heavy atom. The molecule has 3 aromatic carbocycles. The molecule has 4 fully saturated rings. The number of piperidine rings is 1. The highest BCUT2D eigenvalue weighted by molar-refractivity contribution is 6.07. The number of ether oxygens (including phenoxy) is 2. The molecule has 4 aliphatic rings. The van der Waals surface area contributed by atoms with E-state index in [4.69, 9.17) is 25.2 Å². The van der Waals surface area contributed by atoms with Gasteiger partial charge in [0.1, 0.15) is 29.6 Å². The van der Waals surface area contributed by atoms with Gasteiger partial charge in [-0.15, -0.1) is 0 Å². The molecule has 22 heteroatoms. The molecule has 6 heterocycles. The quantitative estimate of drug-likeness (QED) is 0.0853. The molecule has 414 valence electrons. The molecule has 22 nitrogen and oxygen atoms in total. The van der Waals surface area contributed by atoms with Gasteiger partial charge in [-0.3, -0.25) is 38.6 Å². The zero-order valence-corrected chi connectivity index (χ0v) is 44.9. The van der Waals surface area contributed by atoms with Crippen LogP contribution in [0.5, 0.6) is 5.75 Å². The van der Waals surface area contributed by atoms with Crippen LogP contribution < -0.4 is 36.5 Å². The first-order chi connectivity index (χ1) is 38.0. The van der Waals surface area contributed by atoms with Crippen molar-refractivity contribution in [3.05, 3.63) is 112 Å². The molecule has 3 aliphatic heterocycles. The number of aliphatic carboxylic acids is 1. The van der Waals surface area contributed by atoms with Crippen molar-refractivity contribution in [1.82, 2.24) is 44.9 Å². The number of carbonyl (C=O) groups excluding carboxylic acids is 5. The highest BCUT2D eigenvalue weighted by Gasteiger charge is 2.44. The minimum atomic E-state index is -1.43. The van der Waals surface area contributed by atoms with Crippen LogP contribution in [0.2, 0.25) is 0 Å². The number of hydrogen-bond donors (Lipinski definition) is 5. The number of imide groups is 1. The molecule has 0 unspecified atom stereocenters. The Hall–Kier alpha value is -8.21. The van der Waals surface area contributed by atoms with Crippen molar-refractivity contribution in [3.63, 3.8) is 0 Å². The molecular formula is C57H66N12O10. The number of methoxy groups -OCH3 is 1.